The minimum absolute atomic E-state index is 0.00877. The van der Waals surface area contributed by atoms with Crippen LogP contribution < -0.4 is 56.3 Å². The molecule has 24 nitrogen and oxygen atoms in total. The first-order valence-corrected chi connectivity index (χ1v) is 36.3. The second kappa shape index (κ2) is 30.9. The first-order valence-electron chi connectivity index (χ1n) is 36.3. The summed E-state index contributed by atoms with van der Waals surface area (Å²) in [4.78, 5) is 115. The van der Waals surface area contributed by atoms with Crippen LogP contribution >= 0.6 is 0 Å². The Kier molecular flexibility index (Phi) is 21.5. The van der Waals surface area contributed by atoms with E-state index < -0.39 is 84.4 Å². The van der Waals surface area contributed by atoms with Crippen molar-refractivity contribution in [2.24, 2.45) is 22.2 Å². The highest BCUT2D eigenvalue weighted by Gasteiger charge is 2.63. The number of rotatable bonds is 27. The number of hydrogen-bond donors (Lipinski definition) is 8. The molecule has 548 valence electrons. The molecule has 1 spiro atoms. The lowest BCUT2D eigenvalue weighted by atomic mass is 9.64. The van der Waals surface area contributed by atoms with Gasteiger partial charge in [0.15, 0.2) is 11.5 Å². The van der Waals surface area contributed by atoms with Crippen LogP contribution in [0, 0.1) is 34.0 Å². The average Bonchev–Trinajstić information content (AvgIpc) is 1.51. The van der Waals surface area contributed by atoms with Crippen molar-refractivity contribution in [1.82, 2.24) is 36.4 Å². The smallest absolute Gasteiger partial charge is 0.260 e. The molecule has 24 heteroatoms. The second-order valence-corrected chi connectivity index (χ2v) is 29.8. The highest BCUT2D eigenvalue weighted by atomic mass is 16.5. The number of benzene rings is 5. The number of methoxy groups -OCH3 is 3. The maximum atomic E-state index is 15.5. The molecule has 3 saturated carbocycles. The van der Waals surface area contributed by atoms with Gasteiger partial charge in [0.1, 0.15) is 24.1 Å². The number of fused-ring (bicyclic) bond motifs is 6. The van der Waals surface area contributed by atoms with E-state index in [0.717, 1.165) is 78.5 Å². The molecule has 8 aliphatic rings. The van der Waals surface area contributed by atoms with Crippen molar-refractivity contribution in [1.29, 1.82) is 0 Å². The van der Waals surface area contributed by atoms with E-state index in [1.165, 1.54) is 6.92 Å². The monoisotopic (exact) mass is 1420 g/mol. The van der Waals surface area contributed by atoms with E-state index in [2.05, 4.69) is 49.1 Å². The molecule has 0 aromatic heterocycles. The first kappa shape index (κ1) is 72.5. The van der Waals surface area contributed by atoms with Crippen LogP contribution in [0.25, 0.3) is 5.57 Å². The van der Waals surface area contributed by atoms with E-state index in [9.17, 15) is 38.7 Å². The number of nitrogens with one attached hydrogen (secondary N) is 7. The Hall–Kier alpha value is -9.80. The summed E-state index contributed by atoms with van der Waals surface area (Å²) in [6.45, 7) is 6.39. The van der Waals surface area contributed by atoms with Crippen LogP contribution in [0.3, 0.4) is 0 Å². The Morgan fingerprint density at radius 1 is 0.760 bits per heavy atom. The van der Waals surface area contributed by atoms with Gasteiger partial charge in [-0.25, -0.2) is 0 Å². The molecule has 5 aromatic carbocycles. The van der Waals surface area contributed by atoms with Crippen molar-refractivity contribution >= 4 is 69.9 Å². The number of aliphatic hydroxyl groups is 1. The number of hydrogen-bond acceptors (Lipinski definition) is 16. The molecule has 5 heterocycles. The topological polar surface area (TPSA) is 297 Å². The van der Waals surface area contributed by atoms with Crippen LogP contribution in [0.15, 0.2) is 115 Å². The van der Waals surface area contributed by atoms with Crippen molar-refractivity contribution in [3.63, 3.8) is 0 Å². The van der Waals surface area contributed by atoms with Gasteiger partial charge in [0.05, 0.1) is 93.7 Å². The standard InChI is InChI=1S/C80H94N10O14/c1-48(2)72(87-70(93)43-83-69(92)42-82-68(91)26-27-71(94)89-44-54-14-8-7-12-51(54)18-19-53-13-9-10-15-61(53)89)75(97)84-49(3)73(95)85-56-22-16-50(17-23-56)38-80-40-66(102-6)65(37-67(80)86-74(96)62-39-79(31-32-79)46-90(62)77(80)99)104-47-78(29-30-78)28-11-33-103-64-36-60-59(35-63(64)101-5)76(98)88-45-55(34-57(88)41-81-60)52-20-24-58(100-4)25-21-52/h7-10,12-17,20-25,35-36,45,48-49,57,62,65-67,72,74,81,86,96H,11,26-34,37-44,46-47H2,1-6H3,(H,82,91)(H,83,92)(H,84,97)(H,85,95)(H,87,93)/t49-,57-,62-,65?,66?,67?,72-,74?,80?/m0/s1. The number of amides is 8. The molecule has 104 heavy (non-hydrogen) atoms. The first-order chi connectivity index (χ1) is 50.1. The molecule has 0 radical (unpaired) electrons. The summed E-state index contributed by atoms with van der Waals surface area (Å²) >= 11 is 0. The lowest BCUT2D eigenvalue weighted by molar-refractivity contribution is -0.160. The Morgan fingerprint density at radius 3 is 2.22 bits per heavy atom. The van der Waals surface area contributed by atoms with Gasteiger partial charge in [0, 0.05) is 68.2 Å². The van der Waals surface area contributed by atoms with Crippen LogP contribution in [0.1, 0.15) is 136 Å². The quantitative estimate of drug-likeness (QED) is 0.0195. The van der Waals surface area contributed by atoms with Crippen LogP contribution in [0.2, 0.25) is 0 Å². The van der Waals surface area contributed by atoms with Gasteiger partial charge in [0.2, 0.25) is 41.4 Å². The van der Waals surface area contributed by atoms with Gasteiger partial charge in [-0.2, -0.15) is 0 Å². The molecular formula is C80H94N10O14. The SMILES string of the molecule is COc1ccc(C2=CN3C(=O)c4cc(OC)c(OCCCC5(COC6CC7NC(O)[C@@H]8CC9(CC9)CN8C(=O)C7(Cc7ccc(NC(=O)[C@H](C)NC(=O)[C@@H](NC(=O)CNC(=O)CNC(=O)CCC(=O)N8Cc9ccccc9C#Cc9ccccc98)C(C)C)cc7)CC6OC)CC5)cc4NC[C@@H]3C2)cc1. The van der Waals surface area contributed by atoms with E-state index >= 15 is 4.79 Å². The average molecular weight is 1420 g/mol. The number of carbonyl (C=O) groups is 8. The zero-order valence-corrected chi connectivity index (χ0v) is 59.9. The van der Waals surface area contributed by atoms with Crippen molar-refractivity contribution in [2.45, 2.75) is 159 Å². The van der Waals surface area contributed by atoms with Crippen molar-refractivity contribution in [3.8, 4) is 29.1 Å². The molecule has 3 aliphatic carbocycles. The fourth-order valence-electron chi connectivity index (χ4n) is 15.8. The predicted molar refractivity (Wildman–Crippen MR) is 389 cm³/mol. The van der Waals surface area contributed by atoms with E-state index in [-0.39, 0.29) is 66.1 Å². The lowest BCUT2D eigenvalue weighted by Gasteiger charge is -2.49. The number of ether oxygens (including phenoxy) is 5. The number of para-hydroxylation sites is 1. The van der Waals surface area contributed by atoms with Crippen molar-refractivity contribution < 1.29 is 67.1 Å². The lowest BCUT2D eigenvalue weighted by Crippen LogP contribution is -2.61. The number of carbonyl (C=O) groups excluding carboxylic acids is 8. The van der Waals surface area contributed by atoms with Gasteiger partial charge in [-0.3, -0.25) is 43.7 Å². The summed E-state index contributed by atoms with van der Waals surface area (Å²) in [6, 6.07) is 30.7. The third kappa shape index (κ3) is 16.0. The van der Waals surface area contributed by atoms with Gasteiger partial charge in [-0.1, -0.05) is 80.3 Å². The molecule has 5 fully saturated rings. The third-order valence-corrected chi connectivity index (χ3v) is 22.3. The van der Waals surface area contributed by atoms with Crippen LogP contribution in [0.4, 0.5) is 17.1 Å². The molecule has 5 aromatic rings. The molecule has 13 rings (SSSR count). The van der Waals surface area contributed by atoms with E-state index in [1.54, 1.807) is 58.3 Å². The van der Waals surface area contributed by atoms with Gasteiger partial charge in [-0.15, -0.1) is 0 Å². The zero-order valence-electron chi connectivity index (χ0n) is 59.9. The highest BCUT2D eigenvalue weighted by Crippen LogP contribution is 2.58. The summed E-state index contributed by atoms with van der Waals surface area (Å²) < 4.78 is 30.8. The minimum Gasteiger partial charge on any atom is -0.497 e. The number of anilines is 3. The molecule has 5 unspecified atom stereocenters. The van der Waals surface area contributed by atoms with Gasteiger partial charge in [-0.05, 0) is 165 Å². The van der Waals surface area contributed by atoms with Crippen molar-refractivity contribution in [2.75, 3.05) is 76.3 Å². The molecule has 8 amide bonds. The maximum absolute atomic E-state index is 15.5. The van der Waals surface area contributed by atoms with Gasteiger partial charge >= 0.3 is 0 Å². The molecule has 5 aliphatic heterocycles. The second-order valence-electron chi connectivity index (χ2n) is 29.8. The van der Waals surface area contributed by atoms with Crippen LogP contribution in [-0.4, -0.2) is 172 Å². The summed E-state index contributed by atoms with van der Waals surface area (Å²) in [7, 11) is 4.89. The van der Waals surface area contributed by atoms with Gasteiger partial charge in [0.25, 0.3) is 5.91 Å². The van der Waals surface area contributed by atoms with E-state index in [4.69, 9.17) is 23.7 Å². The maximum Gasteiger partial charge on any atom is 0.260 e. The summed E-state index contributed by atoms with van der Waals surface area (Å²) in [5.74, 6) is 4.32. The molecule has 0 bridgehead atoms. The number of aliphatic hydroxyl groups excluding tert-OH is 1. The largest absolute Gasteiger partial charge is 0.497 e. The Bertz CT molecular complexity index is 4200. The molecule has 8 N–H and O–H groups in total. The van der Waals surface area contributed by atoms with Gasteiger partial charge < -0.3 is 75.4 Å². The zero-order chi connectivity index (χ0) is 73.0. The van der Waals surface area contributed by atoms with Crippen LogP contribution in [-0.2, 0) is 56.0 Å². The third-order valence-electron chi connectivity index (χ3n) is 22.3. The van der Waals surface area contributed by atoms with E-state index in [1.807, 2.05) is 107 Å². The molecule has 9 atom stereocenters. The molecule has 2 saturated heterocycles. The predicted octanol–water partition coefficient (Wildman–Crippen LogP) is 6.96. The minimum atomic E-state index is -1.08. The molecular weight excluding hydrogens is 1320 g/mol. The fourth-order valence-corrected chi connectivity index (χ4v) is 15.8. The summed E-state index contributed by atoms with van der Waals surface area (Å²) in [6.07, 6.45) is 8.07. The summed E-state index contributed by atoms with van der Waals surface area (Å²) in [5, 5.41) is 32.3. The Morgan fingerprint density at radius 2 is 1.49 bits per heavy atom. The van der Waals surface area contributed by atoms with Crippen LogP contribution in [0.5, 0.6) is 17.2 Å². The number of nitrogens with zero attached hydrogens (tertiary/aromatic N) is 3. The normalized spacial score (nSPS) is 23.3. The van der Waals surface area contributed by atoms with E-state index in [0.29, 0.717) is 91.7 Å². The van der Waals surface area contributed by atoms with Crippen molar-refractivity contribution in [3.05, 3.63) is 149 Å². The summed E-state index contributed by atoms with van der Waals surface area (Å²) in [5.41, 5.74) is 6.60. The fraction of sp³-hybridized carbons (Fsp3) is 0.475. The Balaban J connectivity index is 0.573. The Labute approximate surface area is 606 Å². The highest BCUT2D eigenvalue weighted by molar-refractivity contribution is 6.03.